The van der Waals surface area contributed by atoms with Crippen LogP contribution in [0.25, 0.3) is 11.2 Å². The molecule has 10 nitrogen and oxygen atoms in total. The Hall–Kier alpha value is -3.69. The molecular weight excluding hydrogens is 534 g/mol. The van der Waals surface area contributed by atoms with E-state index in [1.54, 1.807) is 0 Å². The first-order valence-electron chi connectivity index (χ1n) is 10.7. The summed E-state index contributed by atoms with van der Waals surface area (Å²) in [4.78, 5) is 32.9. The average Bonchev–Trinajstić information content (AvgIpc) is 3.41. The molecule has 0 aliphatic rings. The van der Waals surface area contributed by atoms with E-state index in [0.717, 1.165) is 21.3 Å². The van der Waals surface area contributed by atoms with Crippen molar-refractivity contribution in [2.45, 2.75) is 51.2 Å². The Morgan fingerprint density at radius 1 is 0.946 bits per heavy atom. The summed E-state index contributed by atoms with van der Waals surface area (Å²) < 4.78 is 77.8. The number of H-pyrrole nitrogens is 1. The molecule has 0 fully saturated rings. The summed E-state index contributed by atoms with van der Waals surface area (Å²) in [7, 11) is 0. The van der Waals surface area contributed by atoms with E-state index in [4.69, 9.17) is 11.6 Å². The summed E-state index contributed by atoms with van der Waals surface area (Å²) in [6.07, 6.45) is -10.0. The highest BCUT2D eigenvalue weighted by molar-refractivity contribution is 6.28. The molecule has 0 amide bonds. The summed E-state index contributed by atoms with van der Waals surface area (Å²) in [6, 6.07) is 4.50. The van der Waals surface area contributed by atoms with Gasteiger partial charge in [0, 0.05) is 19.5 Å². The molecule has 4 aromatic rings. The van der Waals surface area contributed by atoms with E-state index in [0.29, 0.717) is 5.56 Å². The lowest BCUT2D eigenvalue weighted by Gasteiger charge is -2.12. The van der Waals surface area contributed by atoms with Crippen LogP contribution in [-0.2, 0) is 32.2 Å². The van der Waals surface area contributed by atoms with Crippen molar-refractivity contribution in [1.82, 2.24) is 39.3 Å². The van der Waals surface area contributed by atoms with Gasteiger partial charge in [0.1, 0.15) is 0 Å². The van der Waals surface area contributed by atoms with Crippen LogP contribution in [0.5, 0.6) is 0 Å². The molecule has 0 saturated carbocycles. The number of aryl methyl sites for hydroxylation is 2. The fraction of sp³-hybridized carbons (Fsp3) is 0.400. The maximum absolute atomic E-state index is 12.8. The van der Waals surface area contributed by atoms with Crippen LogP contribution in [0.3, 0.4) is 0 Å². The minimum Gasteiger partial charge on any atom is -0.323 e. The van der Waals surface area contributed by atoms with Gasteiger partial charge in [-0.3, -0.25) is 13.9 Å². The summed E-state index contributed by atoms with van der Waals surface area (Å²) in [5.41, 5.74) is -2.49. The highest BCUT2D eigenvalue weighted by atomic mass is 35.5. The molecule has 3 aromatic heterocycles. The number of hydrogen-bond donors (Lipinski definition) is 1. The molecule has 0 atom stereocenters. The van der Waals surface area contributed by atoms with Crippen LogP contribution in [0.4, 0.5) is 26.3 Å². The Kier molecular flexibility index (Phi) is 7.12. The van der Waals surface area contributed by atoms with Gasteiger partial charge in [0.25, 0.3) is 5.56 Å². The van der Waals surface area contributed by atoms with Gasteiger partial charge in [-0.2, -0.15) is 36.1 Å². The van der Waals surface area contributed by atoms with Crippen LogP contribution in [-0.4, -0.2) is 45.5 Å². The van der Waals surface area contributed by atoms with Gasteiger partial charge in [-0.1, -0.05) is 12.1 Å². The molecule has 0 radical (unpaired) electrons. The van der Waals surface area contributed by atoms with E-state index in [2.05, 4.69) is 25.4 Å². The zero-order chi connectivity index (χ0) is 27.0. The fourth-order valence-electron chi connectivity index (χ4n) is 3.58. The number of rotatable bonds is 8. The van der Waals surface area contributed by atoms with E-state index in [1.807, 2.05) is 0 Å². The Morgan fingerprint density at radius 2 is 1.65 bits per heavy atom. The third kappa shape index (κ3) is 6.18. The minimum absolute atomic E-state index is 0.0935. The number of benzene rings is 1. The average molecular weight is 551 g/mol. The van der Waals surface area contributed by atoms with Gasteiger partial charge in [0.2, 0.25) is 5.28 Å². The predicted molar refractivity (Wildman–Crippen MR) is 117 cm³/mol. The van der Waals surface area contributed by atoms with Crippen molar-refractivity contribution >= 4 is 22.8 Å². The summed E-state index contributed by atoms with van der Waals surface area (Å²) in [6.45, 7) is -0.833. The zero-order valence-electron chi connectivity index (χ0n) is 18.6. The first-order valence-corrected chi connectivity index (χ1v) is 11.1. The summed E-state index contributed by atoms with van der Waals surface area (Å²) in [5, 5.41) is 11.5. The molecule has 3 heterocycles. The monoisotopic (exact) mass is 550 g/mol. The number of tetrazole rings is 1. The molecule has 0 aliphatic heterocycles. The van der Waals surface area contributed by atoms with E-state index in [9.17, 15) is 35.9 Å². The molecule has 0 saturated heterocycles. The van der Waals surface area contributed by atoms with Gasteiger partial charge in [-0.15, -0.1) is 10.2 Å². The van der Waals surface area contributed by atoms with E-state index in [1.165, 1.54) is 16.9 Å². The van der Waals surface area contributed by atoms with Gasteiger partial charge in [-0.05, 0) is 40.9 Å². The molecular formula is C20H17ClF6N8O2. The van der Waals surface area contributed by atoms with Crippen LogP contribution in [0.15, 0.2) is 33.9 Å². The Balaban J connectivity index is 1.45. The number of imidazole rings is 1. The Labute approximate surface area is 207 Å². The van der Waals surface area contributed by atoms with Crippen molar-refractivity contribution < 1.29 is 26.3 Å². The van der Waals surface area contributed by atoms with Crippen molar-refractivity contribution in [3.05, 3.63) is 67.3 Å². The van der Waals surface area contributed by atoms with Crippen molar-refractivity contribution in [3.63, 3.8) is 0 Å². The largest absolute Gasteiger partial charge is 0.416 e. The maximum atomic E-state index is 12.8. The number of hydrogen-bond acceptors (Lipinski definition) is 6. The van der Waals surface area contributed by atoms with E-state index >= 15 is 0 Å². The lowest BCUT2D eigenvalue weighted by Crippen LogP contribution is -2.41. The third-order valence-corrected chi connectivity index (χ3v) is 5.51. The van der Waals surface area contributed by atoms with Crippen molar-refractivity contribution in [2.24, 2.45) is 0 Å². The number of nitrogens with zero attached hydrogens (tertiary/aromatic N) is 7. The summed E-state index contributed by atoms with van der Waals surface area (Å²) >= 11 is 5.76. The normalized spacial score (nSPS) is 12.5. The number of aromatic amines is 1. The van der Waals surface area contributed by atoms with Gasteiger partial charge in [0.05, 0.1) is 18.5 Å². The molecule has 17 heteroatoms. The Morgan fingerprint density at radius 3 is 2.30 bits per heavy atom. The van der Waals surface area contributed by atoms with Gasteiger partial charge < -0.3 is 4.98 Å². The fourth-order valence-corrected chi connectivity index (χ4v) is 3.76. The smallest absolute Gasteiger partial charge is 0.323 e. The molecule has 4 rings (SSSR count). The number of aromatic nitrogens is 8. The van der Waals surface area contributed by atoms with Crippen molar-refractivity contribution in [2.75, 3.05) is 0 Å². The van der Waals surface area contributed by atoms with Gasteiger partial charge in [-0.25, -0.2) is 4.79 Å². The number of nitrogens with one attached hydrogen (secondary N) is 1. The minimum atomic E-state index is -4.54. The molecule has 0 unspecified atom stereocenters. The van der Waals surface area contributed by atoms with E-state index in [-0.39, 0.29) is 48.2 Å². The number of alkyl halides is 6. The number of halogens is 7. The van der Waals surface area contributed by atoms with Crippen molar-refractivity contribution in [1.29, 1.82) is 0 Å². The van der Waals surface area contributed by atoms with Gasteiger partial charge >= 0.3 is 18.0 Å². The number of fused-ring (bicyclic) bond motifs is 1. The standard InChI is InChI=1S/C20H17ClF6N8O2/c21-17-28-14-15(29-17)33(9-6-19(22,23)24)18(37)34(16(14)36)7-1-8-35-31-13(30-32-35)10-11-2-4-12(5-3-11)20(25,26)27/h2-5H,1,6-10H2,(H,28,29). The molecule has 37 heavy (non-hydrogen) atoms. The first-order chi connectivity index (χ1) is 17.3. The molecule has 0 bridgehead atoms. The topological polar surface area (TPSA) is 116 Å². The van der Waals surface area contributed by atoms with Crippen LogP contribution in [0.1, 0.15) is 29.8 Å². The predicted octanol–water partition coefficient (Wildman–Crippen LogP) is 3.18. The van der Waals surface area contributed by atoms with Crippen LogP contribution in [0.2, 0.25) is 5.28 Å². The highest BCUT2D eigenvalue weighted by Gasteiger charge is 2.30. The lowest BCUT2D eigenvalue weighted by molar-refractivity contribution is -0.138. The maximum Gasteiger partial charge on any atom is 0.416 e. The van der Waals surface area contributed by atoms with Crippen molar-refractivity contribution in [3.8, 4) is 0 Å². The third-order valence-electron chi connectivity index (χ3n) is 5.33. The molecule has 0 aliphatic carbocycles. The second-order valence-electron chi connectivity index (χ2n) is 8.01. The lowest BCUT2D eigenvalue weighted by atomic mass is 10.1. The molecule has 198 valence electrons. The van der Waals surface area contributed by atoms with Crippen LogP contribution in [0, 0.1) is 0 Å². The van der Waals surface area contributed by atoms with E-state index < -0.39 is 42.1 Å². The molecule has 1 N–H and O–H groups in total. The second-order valence-corrected chi connectivity index (χ2v) is 8.37. The summed E-state index contributed by atoms with van der Waals surface area (Å²) in [5.74, 6) is 0.236. The highest BCUT2D eigenvalue weighted by Crippen LogP contribution is 2.29. The quantitative estimate of drug-likeness (QED) is 0.266. The molecule has 1 aromatic carbocycles. The first kappa shape index (κ1) is 26.4. The SMILES string of the molecule is O=c1c2[nH]c(Cl)nc2n(CCC(F)(F)F)c(=O)n1CCCn1nnc(Cc2ccc(C(F)(F)F)cc2)n1. The van der Waals surface area contributed by atoms with Gasteiger partial charge in [0.15, 0.2) is 17.0 Å². The zero-order valence-corrected chi connectivity index (χ0v) is 19.4. The van der Waals surface area contributed by atoms with Crippen LogP contribution < -0.4 is 11.2 Å². The Bertz CT molecular complexity index is 1520. The molecule has 0 spiro atoms. The van der Waals surface area contributed by atoms with Crippen LogP contribution >= 0.6 is 11.6 Å². The second kappa shape index (κ2) is 9.99.